The van der Waals surface area contributed by atoms with Crippen LogP contribution in [-0.4, -0.2) is 19.4 Å². The van der Waals surface area contributed by atoms with Crippen LogP contribution >= 0.6 is 0 Å². The predicted octanol–water partition coefficient (Wildman–Crippen LogP) is 2.32. The van der Waals surface area contributed by atoms with Crippen molar-refractivity contribution in [3.8, 4) is 0 Å². The average molecular weight is 232 g/mol. The van der Waals surface area contributed by atoms with E-state index in [0.717, 1.165) is 13.0 Å². The molecule has 0 radical (unpaired) electrons. The highest BCUT2D eigenvalue weighted by molar-refractivity contribution is 4.47. The van der Waals surface area contributed by atoms with Gasteiger partial charge in [-0.2, -0.15) is 0 Å². The van der Waals surface area contributed by atoms with Gasteiger partial charge in [0.15, 0.2) is 0 Å². The van der Waals surface area contributed by atoms with Crippen LogP contribution in [0.15, 0.2) is 0 Å². The molecule has 1 unspecified atom stereocenters. The minimum atomic E-state index is -0.394. The van der Waals surface area contributed by atoms with Crippen LogP contribution in [0.25, 0.3) is 0 Å². The van der Waals surface area contributed by atoms with Gasteiger partial charge in [0.1, 0.15) is 6.23 Å². The Balaban J connectivity index is 2.93. The Bertz CT molecular complexity index is 134. The number of rotatable bonds is 12. The van der Waals surface area contributed by atoms with Crippen LogP contribution in [-0.2, 0) is 9.57 Å². The molecule has 0 aromatic rings. The third-order valence-electron chi connectivity index (χ3n) is 2.61. The van der Waals surface area contributed by atoms with Crippen LogP contribution in [0.4, 0.5) is 0 Å². The summed E-state index contributed by atoms with van der Waals surface area (Å²) in [6.45, 7) is 3.70. The summed E-state index contributed by atoms with van der Waals surface area (Å²) in [5.41, 5.74) is 5.45. The molecule has 0 amide bonds. The molecule has 0 saturated carbocycles. The SMILES string of the molecule is CCCCCCCCCOCCC(N)ON. The van der Waals surface area contributed by atoms with Crippen molar-refractivity contribution in [1.82, 2.24) is 0 Å². The number of nitrogens with two attached hydrogens (primary N) is 2. The van der Waals surface area contributed by atoms with Crippen LogP contribution in [0.2, 0.25) is 0 Å². The molecule has 1 atom stereocenters. The third kappa shape index (κ3) is 11.9. The fraction of sp³-hybridized carbons (Fsp3) is 1.00. The summed E-state index contributed by atoms with van der Waals surface area (Å²) in [5.74, 6) is 4.91. The first-order valence-electron chi connectivity index (χ1n) is 6.50. The van der Waals surface area contributed by atoms with Crippen molar-refractivity contribution in [2.45, 2.75) is 64.5 Å². The molecule has 4 heteroatoms. The van der Waals surface area contributed by atoms with Crippen molar-refractivity contribution in [2.24, 2.45) is 11.6 Å². The van der Waals surface area contributed by atoms with Crippen molar-refractivity contribution in [3.63, 3.8) is 0 Å². The Morgan fingerprint density at radius 2 is 1.56 bits per heavy atom. The van der Waals surface area contributed by atoms with E-state index in [1.807, 2.05) is 0 Å². The molecule has 98 valence electrons. The summed E-state index contributed by atoms with van der Waals surface area (Å²) in [4.78, 5) is 4.43. The normalized spacial score (nSPS) is 12.9. The van der Waals surface area contributed by atoms with Crippen LogP contribution in [0.1, 0.15) is 58.3 Å². The van der Waals surface area contributed by atoms with Gasteiger partial charge >= 0.3 is 0 Å². The monoisotopic (exact) mass is 232 g/mol. The molecule has 0 aromatic carbocycles. The molecule has 4 nitrogen and oxygen atoms in total. The van der Waals surface area contributed by atoms with Gasteiger partial charge in [0.05, 0.1) is 6.61 Å². The standard InChI is InChI=1S/C12H28N2O2/c1-2-3-4-5-6-7-8-10-15-11-9-12(13)16-14/h12H,2-11,13-14H2,1H3. The summed E-state index contributed by atoms with van der Waals surface area (Å²) in [5, 5.41) is 0. The van der Waals surface area contributed by atoms with E-state index in [0.29, 0.717) is 13.0 Å². The lowest BCUT2D eigenvalue weighted by molar-refractivity contribution is 0.0237. The van der Waals surface area contributed by atoms with E-state index in [9.17, 15) is 0 Å². The second kappa shape index (κ2) is 12.9. The summed E-state index contributed by atoms with van der Waals surface area (Å²) in [6, 6.07) is 0. The smallest absolute Gasteiger partial charge is 0.129 e. The molecule has 0 aliphatic rings. The molecule has 0 aliphatic carbocycles. The number of hydrogen-bond acceptors (Lipinski definition) is 4. The quantitative estimate of drug-likeness (QED) is 0.308. The highest BCUT2D eigenvalue weighted by atomic mass is 16.6. The molecule has 0 rings (SSSR count). The molecule has 0 aromatic heterocycles. The Hall–Kier alpha value is -0.160. The second-order valence-corrected chi connectivity index (χ2v) is 4.20. The van der Waals surface area contributed by atoms with Crippen molar-refractivity contribution in [2.75, 3.05) is 13.2 Å². The number of hydrogen-bond donors (Lipinski definition) is 2. The first kappa shape index (κ1) is 15.8. The van der Waals surface area contributed by atoms with E-state index >= 15 is 0 Å². The lowest BCUT2D eigenvalue weighted by Gasteiger charge is -2.08. The van der Waals surface area contributed by atoms with Crippen LogP contribution in [0.3, 0.4) is 0 Å². The van der Waals surface area contributed by atoms with E-state index < -0.39 is 6.23 Å². The Morgan fingerprint density at radius 3 is 2.19 bits per heavy atom. The van der Waals surface area contributed by atoms with E-state index in [1.165, 1.54) is 38.5 Å². The predicted molar refractivity (Wildman–Crippen MR) is 66.7 cm³/mol. The maximum atomic E-state index is 5.45. The highest BCUT2D eigenvalue weighted by Gasteiger charge is 1.99. The fourth-order valence-electron chi connectivity index (χ4n) is 1.53. The fourth-order valence-corrected chi connectivity index (χ4v) is 1.53. The zero-order valence-electron chi connectivity index (χ0n) is 10.6. The van der Waals surface area contributed by atoms with Gasteiger partial charge in [0.2, 0.25) is 0 Å². The molecule has 0 bridgehead atoms. The van der Waals surface area contributed by atoms with Gasteiger partial charge in [0, 0.05) is 13.0 Å². The average Bonchev–Trinajstić information content (AvgIpc) is 2.31. The number of unbranched alkanes of at least 4 members (excludes halogenated alkanes) is 6. The van der Waals surface area contributed by atoms with Crippen molar-refractivity contribution < 1.29 is 9.57 Å². The first-order valence-corrected chi connectivity index (χ1v) is 6.50. The highest BCUT2D eigenvalue weighted by Crippen LogP contribution is 2.06. The molecule has 16 heavy (non-hydrogen) atoms. The lowest BCUT2D eigenvalue weighted by Crippen LogP contribution is -2.28. The van der Waals surface area contributed by atoms with Crippen molar-refractivity contribution in [3.05, 3.63) is 0 Å². The Morgan fingerprint density at radius 1 is 0.938 bits per heavy atom. The third-order valence-corrected chi connectivity index (χ3v) is 2.61. The van der Waals surface area contributed by atoms with Gasteiger partial charge in [-0.25, -0.2) is 5.90 Å². The van der Waals surface area contributed by atoms with Gasteiger partial charge in [-0.15, -0.1) is 0 Å². The molecule has 4 N–H and O–H groups in total. The summed E-state index contributed by atoms with van der Waals surface area (Å²) in [7, 11) is 0. The van der Waals surface area contributed by atoms with Crippen molar-refractivity contribution >= 4 is 0 Å². The van der Waals surface area contributed by atoms with Crippen LogP contribution in [0.5, 0.6) is 0 Å². The van der Waals surface area contributed by atoms with Gasteiger partial charge in [-0.1, -0.05) is 45.4 Å². The largest absolute Gasteiger partial charge is 0.381 e. The maximum absolute atomic E-state index is 5.45. The Kier molecular flexibility index (Phi) is 12.8. The summed E-state index contributed by atoms with van der Waals surface area (Å²) < 4.78 is 5.42. The molecule has 0 spiro atoms. The minimum Gasteiger partial charge on any atom is -0.381 e. The second-order valence-electron chi connectivity index (χ2n) is 4.20. The zero-order valence-corrected chi connectivity index (χ0v) is 10.6. The maximum Gasteiger partial charge on any atom is 0.129 e. The topological polar surface area (TPSA) is 70.5 Å². The molecular weight excluding hydrogens is 204 g/mol. The molecule has 0 heterocycles. The molecular formula is C12H28N2O2. The lowest BCUT2D eigenvalue weighted by atomic mass is 10.1. The first-order chi connectivity index (χ1) is 7.81. The van der Waals surface area contributed by atoms with Gasteiger partial charge in [-0.3, -0.25) is 4.84 Å². The zero-order chi connectivity index (χ0) is 12.1. The van der Waals surface area contributed by atoms with Gasteiger partial charge < -0.3 is 10.5 Å². The van der Waals surface area contributed by atoms with Crippen LogP contribution in [0, 0.1) is 0 Å². The summed E-state index contributed by atoms with van der Waals surface area (Å²) in [6.07, 6.45) is 9.42. The van der Waals surface area contributed by atoms with E-state index in [2.05, 4.69) is 11.8 Å². The minimum absolute atomic E-state index is 0.394. The van der Waals surface area contributed by atoms with E-state index in [4.69, 9.17) is 16.4 Å². The molecule has 0 aliphatic heterocycles. The molecule has 0 saturated heterocycles. The van der Waals surface area contributed by atoms with Crippen LogP contribution < -0.4 is 11.6 Å². The van der Waals surface area contributed by atoms with Gasteiger partial charge in [0.25, 0.3) is 0 Å². The Labute approximate surface area is 99.6 Å². The van der Waals surface area contributed by atoms with E-state index in [1.54, 1.807) is 0 Å². The van der Waals surface area contributed by atoms with Crippen molar-refractivity contribution in [1.29, 1.82) is 0 Å². The van der Waals surface area contributed by atoms with E-state index in [-0.39, 0.29) is 0 Å². The van der Waals surface area contributed by atoms with Gasteiger partial charge in [-0.05, 0) is 6.42 Å². The number of ether oxygens (including phenoxy) is 1. The molecule has 0 fully saturated rings. The summed E-state index contributed by atoms with van der Waals surface area (Å²) >= 11 is 0.